The molecule has 164 valence electrons. The summed E-state index contributed by atoms with van der Waals surface area (Å²) in [5.74, 6) is -1.36. The lowest BCUT2D eigenvalue weighted by Crippen LogP contribution is -2.50. The van der Waals surface area contributed by atoms with E-state index in [2.05, 4.69) is 10.3 Å². The Morgan fingerprint density at radius 3 is 2.52 bits per heavy atom. The minimum atomic E-state index is -0.692. The topological polar surface area (TPSA) is 117 Å². The summed E-state index contributed by atoms with van der Waals surface area (Å²) in [6.45, 7) is 0. The van der Waals surface area contributed by atoms with Crippen molar-refractivity contribution in [2.45, 2.75) is 5.24 Å². The summed E-state index contributed by atoms with van der Waals surface area (Å²) in [4.78, 5) is 28.6. The van der Waals surface area contributed by atoms with Gasteiger partial charge in [-0.25, -0.2) is 4.39 Å². The van der Waals surface area contributed by atoms with E-state index in [4.69, 9.17) is 19.6 Å². The molecule has 0 bridgehead atoms. The van der Waals surface area contributed by atoms with Gasteiger partial charge < -0.3 is 24.9 Å². The quantitative estimate of drug-likeness (QED) is 0.412. The minimum absolute atomic E-state index is 0.122. The normalized spacial score (nSPS) is 11.5. The van der Waals surface area contributed by atoms with Gasteiger partial charge in [-0.1, -0.05) is 0 Å². The van der Waals surface area contributed by atoms with E-state index in [1.54, 1.807) is 6.07 Å². The molecule has 0 unspecified atom stereocenters. The van der Waals surface area contributed by atoms with Crippen LogP contribution in [0.15, 0.2) is 47.2 Å². The summed E-state index contributed by atoms with van der Waals surface area (Å²) in [5, 5.41) is 3.12. The highest BCUT2D eigenvalue weighted by Crippen LogP contribution is 2.36. The third-order valence-corrected chi connectivity index (χ3v) is 4.87. The molecule has 33 heavy (non-hydrogen) atoms. The molecular formula is C21H19B3FN3O5. The van der Waals surface area contributed by atoms with Gasteiger partial charge in [-0.3, -0.25) is 14.6 Å². The van der Waals surface area contributed by atoms with E-state index in [0.29, 0.717) is 16.3 Å². The van der Waals surface area contributed by atoms with Crippen molar-refractivity contribution in [2.75, 3.05) is 7.11 Å². The number of hydrogen-bond acceptors (Lipinski definition) is 6. The summed E-state index contributed by atoms with van der Waals surface area (Å²) in [5.41, 5.74) is 6.56. The standard InChI is InChI=1S/C21H19B3FN3O5/c1-31-16-6-14-10(4-11(16)19(26)29)15(2-3-27-14)33-18-7-17-9(5-13(18)25)12(8-32-17)20(30)28-21(22,23)24/h2-8H,22-24H2,1H3,(H2,26,29)(H,28,30). The van der Waals surface area contributed by atoms with Crippen LogP contribution in [0.2, 0.25) is 0 Å². The smallest absolute Gasteiger partial charge is 0.253 e. The molecule has 0 spiro atoms. The zero-order chi connectivity index (χ0) is 23.9. The van der Waals surface area contributed by atoms with Gasteiger partial charge in [0.05, 0.1) is 23.8 Å². The number of methoxy groups -OCH3 is 1. The first-order chi connectivity index (χ1) is 15.6. The molecule has 3 N–H and O–H groups in total. The first kappa shape index (κ1) is 22.3. The van der Waals surface area contributed by atoms with Gasteiger partial charge in [-0.2, -0.15) is 0 Å². The first-order valence-electron chi connectivity index (χ1n) is 10.0. The van der Waals surface area contributed by atoms with Crippen LogP contribution in [0, 0.1) is 5.82 Å². The van der Waals surface area contributed by atoms with E-state index in [1.165, 1.54) is 43.8 Å². The fourth-order valence-corrected chi connectivity index (χ4v) is 3.41. The fourth-order valence-electron chi connectivity index (χ4n) is 3.41. The number of nitrogens with zero attached hydrogens (tertiary/aromatic N) is 1. The van der Waals surface area contributed by atoms with E-state index in [9.17, 15) is 14.0 Å². The Labute approximate surface area is 190 Å². The maximum absolute atomic E-state index is 15.0. The molecule has 0 radical (unpaired) electrons. The number of rotatable bonds is 6. The second-order valence-electron chi connectivity index (χ2n) is 8.48. The molecule has 4 aromatic rings. The number of pyridine rings is 1. The lowest BCUT2D eigenvalue weighted by molar-refractivity contribution is 0.0951. The van der Waals surface area contributed by atoms with Crippen molar-refractivity contribution in [3.8, 4) is 17.2 Å². The summed E-state index contributed by atoms with van der Waals surface area (Å²) >= 11 is 0. The van der Waals surface area contributed by atoms with Crippen LogP contribution in [0.5, 0.6) is 17.2 Å². The highest BCUT2D eigenvalue weighted by molar-refractivity contribution is 6.60. The van der Waals surface area contributed by atoms with Crippen LogP contribution >= 0.6 is 0 Å². The molecule has 0 aliphatic carbocycles. The number of furan rings is 1. The highest BCUT2D eigenvalue weighted by Gasteiger charge is 2.22. The van der Waals surface area contributed by atoms with Gasteiger partial charge >= 0.3 is 0 Å². The number of primary amides is 1. The van der Waals surface area contributed by atoms with Gasteiger partial charge in [0.15, 0.2) is 11.6 Å². The molecule has 0 aliphatic rings. The third-order valence-electron chi connectivity index (χ3n) is 4.87. The van der Waals surface area contributed by atoms with E-state index < -0.39 is 17.0 Å². The maximum atomic E-state index is 15.0. The van der Waals surface area contributed by atoms with Crippen LogP contribution in [0.3, 0.4) is 0 Å². The monoisotopic (exact) mass is 445 g/mol. The molecule has 0 atom stereocenters. The third kappa shape index (κ3) is 4.36. The number of ether oxygens (including phenoxy) is 2. The van der Waals surface area contributed by atoms with Gasteiger partial charge in [0.1, 0.15) is 46.9 Å². The first-order valence-corrected chi connectivity index (χ1v) is 10.0. The molecule has 2 amide bonds. The average molecular weight is 445 g/mol. The van der Waals surface area contributed by atoms with Crippen LogP contribution in [0.1, 0.15) is 20.7 Å². The number of nitrogens with two attached hydrogens (primary N) is 1. The Morgan fingerprint density at radius 2 is 1.85 bits per heavy atom. The zero-order valence-corrected chi connectivity index (χ0v) is 18.5. The summed E-state index contributed by atoms with van der Waals surface area (Å²) < 4.78 is 31.5. The molecule has 0 saturated heterocycles. The van der Waals surface area contributed by atoms with Crippen molar-refractivity contribution >= 4 is 57.2 Å². The molecule has 2 aromatic heterocycles. The van der Waals surface area contributed by atoms with Crippen LogP contribution in [-0.4, -0.2) is 52.7 Å². The summed E-state index contributed by atoms with van der Waals surface area (Å²) in [7, 11) is 6.95. The predicted molar refractivity (Wildman–Crippen MR) is 129 cm³/mol. The minimum Gasteiger partial charge on any atom is -0.496 e. The van der Waals surface area contributed by atoms with Crippen LogP contribution in [0.25, 0.3) is 21.9 Å². The molecule has 2 heterocycles. The number of halogens is 1. The Morgan fingerprint density at radius 1 is 1.09 bits per heavy atom. The molecule has 0 aliphatic heterocycles. The maximum Gasteiger partial charge on any atom is 0.253 e. The van der Waals surface area contributed by atoms with E-state index in [0.717, 1.165) is 0 Å². The molecule has 0 saturated carbocycles. The van der Waals surface area contributed by atoms with Gasteiger partial charge in [0.2, 0.25) is 0 Å². The van der Waals surface area contributed by atoms with Crippen molar-refractivity contribution in [3.63, 3.8) is 0 Å². The molecule has 12 heteroatoms. The van der Waals surface area contributed by atoms with E-state index >= 15 is 0 Å². The number of carbonyl (C=O) groups is 2. The van der Waals surface area contributed by atoms with Gasteiger partial charge in [0, 0.05) is 29.1 Å². The Kier molecular flexibility index (Phi) is 5.53. The lowest BCUT2D eigenvalue weighted by atomic mass is 9.49. The SMILES string of the molecule is BC(B)(B)NC(=O)c1coc2cc(Oc3ccnc4cc(OC)c(C(N)=O)cc34)c(F)cc12. The number of hydrogen-bond donors (Lipinski definition) is 2. The predicted octanol–water partition coefficient (Wildman–Crippen LogP) is 0.260. The number of fused-ring (bicyclic) bond motifs is 2. The Balaban J connectivity index is 1.75. The number of benzene rings is 2. The summed E-state index contributed by atoms with van der Waals surface area (Å²) in [6, 6.07) is 7.12. The number of nitrogens with one attached hydrogen (secondary N) is 1. The van der Waals surface area contributed by atoms with Gasteiger partial charge in [-0.15, -0.1) is 0 Å². The fraction of sp³-hybridized carbons (Fsp3) is 0.0952. The van der Waals surface area contributed by atoms with E-state index in [1.807, 2.05) is 23.5 Å². The summed E-state index contributed by atoms with van der Waals surface area (Å²) in [6.07, 6.45) is 2.77. The molecule has 8 nitrogen and oxygen atoms in total. The van der Waals surface area contributed by atoms with Crippen LogP contribution < -0.4 is 20.5 Å². The second kappa shape index (κ2) is 8.20. The molecule has 4 rings (SSSR count). The zero-order valence-electron chi connectivity index (χ0n) is 18.5. The second-order valence-corrected chi connectivity index (χ2v) is 8.48. The van der Waals surface area contributed by atoms with Gasteiger partial charge in [-0.05, 0) is 23.4 Å². The van der Waals surface area contributed by atoms with Gasteiger partial charge in [0.25, 0.3) is 11.8 Å². The van der Waals surface area contributed by atoms with Crippen molar-refractivity contribution in [2.24, 2.45) is 5.73 Å². The van der Waals surface area contributed by atoms with Crippen molar-refractivity contribution in [1.29, 1.82) is 0 Å². The van der Waals surface area contributed by atoms with Crippen LogP contribution in [-0.2, 0) is 0 Å². The molecule has 2 aromatic carbocycles. The highest BCUT2D eigenvalue weighted by atomic mass is 19.1. The van der Waals surface area contributed by atoms with Crippen molar-refractivity contribution in [1.82, 2.24) is 10.3 Å². The van der Waals surface area contributed by atoms with Crippen molar-refractivity contribution < 1.29 is 27.9 Å². The van der Waals surface area contributed by atoms with Crippen molar-refractivity contribution in [3.05, 3.63) is 59.7 Å². The largest absolute Gasteiger partial charge is 0.496 e. The lowest BCUT2D eigenvalue weighted by Gasteiger charge is -2.20. The molecule has 0 fully saturated rings. The average Bonchev–Trinajstić information content (AvgIpc) is 3.14. The molecular weight excluding hydrogens is 426 g/mol. The Hall–Kier alpha value is -3.95. The van der Waals surface area contributed by atoms with Crippen LogP contribution in [0.4, 0.5) is 4.39 Å². The van der Waals surface area contributed by atoms with E-state index in [-0.39, 0.29) is 39.9 Å². The Bertz CT molecular complexity index is 1420. The number of carbonyl (C=O) groups excluding carboxylic acids is 2. The number of amides is 2. The number of aromatic nitrogens is 1.